The Hall–Kier alpha value is -1.49. The van der Waals surface area contributed by atoms with Gasteiger partial charge >= 0.3 is 0 Å². The lowest BCUT2D eigenvalue weighted by Gasteiger charge is -2.04. The Labute approximate surface area is 96.0 Å². The standard InChI is InChI=1S/C11H10F2N2S/c1-7-15-9(6-16-7)5-14-8-2-3-10(12)11(13)4-8/h2-4,6,14H,5H2,1H3. The number of benzene rings is 1. The molecular formula is C11H10F2N2S. The van der Waals surface area contributed by atoms with Crippen LogP contribution in [0.1, 0.15) is 10.7 Å². The molecule has 5 heteroatoms. The van der Waals surface area contributed by atoms with Crippen molar-refractivity contribution in [3.05, 3.63) is 45.9 Å². The van der Waals surface area contributed by atoms with Crippen molar-refractivity contribution in [2.75, 3.05) is 5.32 Å². The summed E-state index contributed by atoms with van der Waals surface area (Å²) in [4.78, 5) is 4.25. The van der Waals surface area contributed by atoms with Crippen LogP contribution in [0.15, 0.2) is 23.6 Å². The smallest absolute Gasteiger partial charge is 0.160 e. The summed E-state index contributed by atoms with van der Waals surface area (Å²) >= 11 is 1.56. The van der Waals surface area contributed by atoms with Crippen molar-refractivity contribution in [1.29, 1.82) is 0 Å². The molecule has 0 saturated heterocycles. The second kappa shape index (κ2) is 4.57. The van der Waals surface area contributed by atoms with Crippen LogP contribution >= 0.6 is 11.3 Å². The fraction of sp³-hybridized carbons (Fsp3) is 0.182. The van der Waals surface area contributed by atoms with Crippen LogP contribution in [0.3, 0.4) is 0 Å². The number of halogens is 2. The Balaban J connectivity index is 2.02. The average Bonchev–Trinajstić information content (AvgIpc) is 2.66. The normalized spacial score (nSPS) is 10.4. The number of hydrogen-bond acceptors (Lipinski definition) is 3. The van der Waals surface area contributed by atoms with Crippen molar-refractivity contribution in [2.24, 2.45) is 0 Å². The van der Waals surface area contributed by atoms with Gasteiger partial charge in [0.05, 0.1) is 17.2 Å². The Kier molecular flexibility index (Phi) is 3.14. The second-order valence-electron chi connectivity index (χ2n) is 3.34. The zero-order valence-corrected chi connectivity index (χ0v) is 9.44. The van der Waals surface area contributed by atoms with Crippen molar-refractivity contribution < 1.29 is 8.78 Å². The summed E-state index contributed by atoms with van der Waals surface area (Å²) in [5.74, 6) is -1.69. The summed E-state index contributed by atoms with van der Waals surface area (Å²) in [6, 6.07) is 3.73. The number of hydrogen-bond donors (Lipinski definition) is 1. The molecule has 0 aliphatic rings. The molecule has 2 rings (SSSR count). The van der Waals surface area contributed by atoms with Gasteiger partial charge < -0.3 is 5.32 Å². The molecule has 0 aliphatic heterocycles. The molecule has 1 aromatic heterocycles. The maximum absolute atomic E-state index is 12.9. The van der Waals surface area contributed by atoms with E-state index in [0.29, 0.717) is 12.2 Å². The van der Waals surface area contributed by atoms with Gasteiger partial charge in [-0.05, 0) is 19.1 Å². The summed E-state index contributed by atoms with van der Waals surface area (Å²) in [5, 5.41) is 5.90. The van der Waals surface area contributed by atoms with Crippen LogP contribution in [0.5, 0.6) is 0 Å². The third kappa shape index (κ3) is 2.55. The van der Waals surface area contributed by atoms with Crippen molar-refractivity contribution in [1.82, 2.24) is 4.98 Å². The molecule has 1 heterocycles. The van der Waals surface area contributed by atoms with Crippen LogP contribution < -0.4 is 5.32 Å². The van der Waals surface area contributed by atoms with E-state index in [1.807, 2.05) is 12.3 Å². The predicted molar refractivity (Wildman–Crippen MR) is 60.5 cm³/mol. The van der Waals surface area contributed by atoms with Gasteiger partial charge in [-0.2, -0.15) is 0 Å². The predicted octanol–water partition coefficient (Wildman–Crippen LogP) is 3.34. The molecule has 84 valence electrons. The van der Waals surface area contributed by atoms with Crippen molar-refractivity contribution in [2.45, 2.75) is 13.5 Å². The van der Waals surface area contributed by atoms with E-state index in [-0.39, 0.29) is 0 Å². The van der Waals surface area contributed by atoms with Gasteiger partial charge in [0, 0.05) is 17.1 Å². The summed E-state index contributed by atoms with van der Waals surface area (Å²) < 4.78 is 25.5. The zero-order chi connectivity index (χ0) is 11.5. The zero-order valence-electron chi connectivity index (χ0n) is 8.63. The average molecular weight is 240 g/mol. The highest BCUT2D eigenvalue weighted by Crippen LogP contribution is 2.15. The van der Waals surface area contributed by atoms with Crippen molar-refractivity contribution in [3.63, 3.8) is 0 Å². The third-order valence-electron chi connectivity index (χ3n) is 2.06. The lowest BCUT2D eigenvalue weighted by Crippen LogP contribution is -2.00. The van der Waals surface area contributed by atoms with E-state index < -0.39 is 11.6 Å². The fourth-order valence-corrected chi connectivity index (χ4v) is 1.90. The molecule has 0 unspecified atom stereocenters. The Morgan fingerprint density at radius 1 is 1.31 bits per heavy atom. The minimum Gasteiger partial charge on any atom is -0.379 e. The van der Waals surface area contributed by atoms with E-state index >= 15 is 0 Å². The minimum absolute atomic E-state index is 0.509. The van der Waals surface area contributed by atoms with Crippen LogP contribution in [-0.2, 0) is 6.54 Å². The van der Waals surface area contributed by atoms with Crippen molar-refractivity contribution >= 4 is 17.0 Å². The first-order valence-corrected chi connectivity index (χ1v) is 5.63. The summed E-state index contributed by atoms with van der Waals surface area (Å²) in [6.45, 7) is 2.43. The first-order chi connectivity index (χ1) is 7.65. The molecule has 0 aliphatic carbocycles. The second-order valence-corrected chi connectivity index (χ2v) is 4.40. The highest BCUT2D eigenvalue weighted by molar-refractivity contribution is 7.09. The highest BCUT2D eigenvalue weighted by Gasteiger charge is 2.03. The Morgan fingerprint density at radius 2 is 2.12 bits per heavy atom. The van der Waals surface area contributed by atoms with Gasteiger partial charge in [-0.1, -0.05) is 0 Å². The number of nitrogens with one attached hydrogen (secondary N) is 1. The van der Waals surface area contributed by atoms with Gasteiger partial charge in [0.25, 0.3) is 0 Å². The number of aromatic nitrogens is 1. The van der Waals surface area contributed by atoms with E-state index in [0.717, 1.165) is 22.8 Å². The first-order valence-electron chi connectivity index (χ1n) is 4.75. The van der Waals surface area contributed by atoms with Gasteiger partial charge in [-0.15, -0.1) is 11.3 Å². The summed E-state index contributed by atoms with van der Waals surface area (Å²) in [6.07, 6.45) is 0. The number of rotatable bonds is 3. The molecule has 0 saturated carbocycles. The molecule has 0 amide bonds. The topological polar surface area (TPSA) is 24.9 Å². The number of thiazole rings is 1. The van der Waals surface area contributed by atoms with E-state index in [4.69, 9.17) is 0 Å². The first kappa shape index (κ1) is 11.0. The summed E-state index contributed by atoms with van der Waals surface area (Å²) in [5.41, 5.74) is 1.44. The molecule has 0 spiro atoms. The number of aryl methyl sites for hydroxylation is 1. The van der Waals surface area contributed by atoms with Gasteiger partial charge in [-0.25, -0.2) is 13.8 Å². The van der Waals surface area contributed by atoms with Gasteiger partial charge in [0.15, 0.2) is 11.6 Å². The molecule has 0 fully saturated rings. The summed E-state index contributed by atoms with van der Waals surface area (Å²) in [7, 11) is 0. The van der Waals surface area contributed by atoms with Crippen molar-refractivity contribution in [3.8, 4) is 0 Å². The van der Waals surface area contributed by atoms with Crippen LogP contribution in [0.2, 0.25) is 0 Å². The van der Waals surface area contributed by atoms with E-state index in [1.54, 1.807) is 11.3 Å². The third-order valence-corrected chi connectivity index (χ3v) is 2.88. The van der Waals surface area contributed by atoms with E-state index in [1.165, 1.54) is 6.07 Å². The van der Waals surface area contributed by atoms with Crippen LogP contribution in [0.4, 0.5) is 14.5 Å². The van der Waals surface area contributed by atoms with E-state index in [2.05, 4.69) is 10.3 Å². The SMILES string of the molecule is Cc1nc(CNc2ccc(F)c(F)c2)cs1. The monoisotopic (exact) mass is 240 g/mol. The molecule has 0 bridgehead atoms. The van der Waals surface area contributed by atoms with Gasteiger partial charge in [0.2, 0.25) is 0 Å². The minimum atomic E-state index is -0.848. The molecular weight excluding hydrogens is 230 g/mol. The quantitative estimate of drug-likeness (QED) is 0.890. The number of nitrogens with zero attached hydrogens (tertiary/aromatic N) is 1. The number of anilines is 1. The fourth-order valence-electron chi connectivity index (χ4n) is 1.29. The van der Waals surface area contributed by atoms with Crippen LogP contribution in [0.25, 0.3) is 0 Å². The Bertz CT molecular complexity index is 496. The lowest BCUT2D eigenvalue weighted by atomic mass is 10.3. The molecule has 0 radical (unpaired) electrons. The van der Waals surface area contributed by atoms with Crippen LogP contribution in [0, 0.1) is 18.6 Å². The largest absolute Gasteiger partial charge is 0.379 e. The molecule has 1 aromatic carbocycles. The van der Waals surface area contributed by atoms with Crippen LogP contribution in [-0.4, -0.2) is 4.98 Å². The lowest BCUT2D eigenvalue weighted by molar-refractivity contribution is 0.509. The molecule has 1 N–H and O–H groups in total. The molecule has 2 aromatic rings. The molecule has 2 nitrogen and oxygen atoms in total. The van der Waals surface area contributed by atoms with Gasteiger partial charge in [0.1, 0.15) is 0 Å². The maximum atomic E-state index is 12.9. The van der Waals surface area contributed by atoms with Gasteiger partial charge in [-0.3, -0.25) is 0 Å². The molecule has 16 heavy (non-hydrogen) atoms. The Morgan fingerprint density at radius 3 is 2.75 bits per heavy atom. The maximum Gasteiger partial charge on any atom is 0.160 e. The molecule has 0 atom stereocenters. The highest BCUT2D eigenvalue weighted by atomic mass is 32.1. The van der Waals surface area contributed by atoms with E-state index in [9.17, 15) is 8.78 Å².